The molecule has 0 aliphatic carbocycles. The van der Waals surface area contributed by atoms with Crippen molar-refractivity contribution in [2.24, 2.45) is 5.84 Å². The standard InChI is InChI=1S/C10H12ClN3O4/c1-2-9(10(15)13-12)18-6-3-4-8(14(16)17)7(11)5-6/h3-5,9H,2,12H2,1H3,(H,13,15). The van der Waals surface area contributed by atoms with Crippen molar-refractivity contribution in [2.75, 3.05) is 0 Å². The molecule has 3 N–H and O–H groups in total. The molecule has 1 aromatic carbocycles. The minimum absolute atomic E-state index is 0.0551. The number of nitrogens with one attached hydrogen (secondary N) is 1. The average Bonchev–Trinajstić information content (AvgIpc) is 2.34. The second-order valence-corrected chi connectivity index (χ2v) is 3.80. The molecule has 0 aromatic heterocycles. The molecule has 0 fully saturated rings. The van der Waals surface area contributed by atoms with Gasteiger partial charge in [-0.1, -0.05) is 18.5 Å². The number of nitrogens with two attached hydrogens (primary N) is 1. The number of hydrazine groups is 1. The molecule has 1 amide bonds. The number of halogens is 1. The van der Waals surface area contributed by atoms with Crippen LogP contribution in [-0.4, -0.2) is 16.9 Å². The second kappa shape index (κ2) is 6.18. The third kappa shape index (κ3) is 3.31. The lowest BCUT2D eigenvalue weighted by atomic mass is 10.2. The predicted octanol–water partition coefficient (Wildman–Crippen LogP) is 1.40. The number of benzene rings is 1. The highest BCUT2D eigenvalue weighted by Crippen LogP contribution is 2.29. The zero-order chi connectivity index (χ0) is 13.7. The third-order valence-electron chi connectivity index (χ3n) is 2.20. The molecule has 1 aromatic rings. The maximum Gasteiger partial charge on any atom is 0.288 e. The van der Waals surface area contributed by atoms with Crippen molar-refractivity contribution in [3.63, 3.8) is 0 Å². The van der Waals surface area contributed by atoms with Crippen LogP contribution in [0.25, 0.3) is 0 Å². The Bertz CT molecular complexity index is 466. The first-order chi connectivity index (χ1) is 8.49. The third-order valence-corrected chi connectivity index (χ3v) is 2.50. The summed E-state index contributed by atoms with van der Waals surface area (Å²) in [5.41, 5.74) is 1.75. The summed E-state index contributed by atoms with van der Waals surface area (Å²) in [6.07, 6.45) is -0.370. The van der Waals surface area contributed by atoms with Gasteiger partial charge in [0.05, 0.1) is 4.92 Å². The van der Waals surface area contributed by atoms with Crippen LogP contribution in [0.4, 0.5) is 5.69 Å². The van der Waals surface area contributed by atoms with Crippen molar-refractivity contribution >= 4 is 23.2 Å². The number of nitro groups is 1. The van der Waals surface area contributed by atoms with Gasteiger partial charge < -0.3 is 4.74 Å². The summed E-state index contributed by atoms with van der Waals surface area (Å²) >= 11 is 5.72. The highest BCUT2D eigenvalue weighted by molar-refractivity contribution is 6.32. The predicted molar refractivity (Wildman–Crippen MR) is 65.1 cm³/mol. The normalized spacial score (nSPS) is 11.7. The molecule has 1 atom stereocenters. The first-order valence-corrected chi connectivity index (χ1v) is 5.48. The van der Waals surface area contributed by atoms with Crippen molar-refractivity contribution in [2.45, 2.75) is 19.4 Å². The SMILES string of the molecule is CCC(Oc1ccc([N+](=O)[O-])c(Cl)c1)C(=O)NN. The molecule has 0 saturated carbocycles. The Morgan fingerprint density at radius 2 is 2.33 bits per heavy atom. The minimum Gasteiger partial charge on any atom is -0.481 e. The van der Waals surface area contributed by atoms with E-state index in [1.165, 1.54) is 18.2 Å². The van der Waals surface area contributed by atoms with Gasteiger partial charge in [-0.2, -0.15) is 0 Å². The van der Waals surface area contributed by atoms with E-state index in [0.29, 0.717) is 6.42 Å². The highest BCUT2D eigenvalue weighted by atomic mass is 35.5. The van der Waals surface area contributed by atoms with Crippen LogP contribution in [0.1, 0.15) is 13.3 Å². The number of carbonyl (C=O) groups excluding carboxylic acids is 1. The zero-order valence-corrected chi connectivity index (χ0v) is 10.3. The first-order valence-electron chi connectivity index (χ1n) is 5.10. The Hall–Kier alpha value is -1.86. The lowest BCUT2D eigenvalue weighted by molar-refractivity contribution is -0.384. The van der Waals surface area contributed by atoms with E-state index in [1.807, 2.05) is 5.43 Å². The summed E-state index contributed by atoms with van der Waals surface area (Å²) < 4.78 is 5.33. The molecule has 0 spiro atoms. The lowest BCUT2D eigenvalue weighted by Gasteiger charge is -2.15. The van der Waals surface area contributed by atoms with E-state index in [-0.39, 0.29) is 16.5 Å². The van der Waals surface area contributed by atoms with Crippen LogP contribution in [0.2, 0.25) is 5.02 Å². The van der Waals surface area contributed by atoms with Crippen LogP contribution in [0.3, 0.4) is 0 Å². The average molecular weight is 274 g/mol. The summed E-state index contributed by atoms with van der Waals surface area (Å²) in [5, 5.41) is 10.5. The monoisotopic (exact) mass is 273 g/mol. The fourth-order valence-corrected chi connectivity index (χ4v) is 1.53. The van der Waals surface area contributed by atoms with Gasteiger partial charge in [0.25, 0.3) is 11.6 Å². The number of nitrogens with zero attached hydrogens (tertiary/aromatic N) is 1. The van der Waals surface area contributed by atoms with Gasteiger partial charge in [-0.25, -0.2) is 5.84 Å². The maximum absolute atomic E-state index is 11.3. The summed E-state index contributed by atoms with van der Waals surface area (Å²) in [6, 6.07) is 3.87. The molecule has 98 valence electrons. The molecule has 0 aliphatic rings. The number of hydrogen-bond acceptors (Lipinski definition) is 5. The summed E-state index contributed by atoms with van der Waals surface area (Å²) in [4.78, 5) is 21.3. The molecule has 1 rings (SSSR count). The summed E-state index contributed by atoms with van der Waals surface area (Å²) in [6.45, 7) is 1.74. The topological polar surface area (TPSA) is 107 Å². The van der Waals surface area contributed by atoms with Gasteiger partial charge in [-0.05, 0) is 12.5 Å². The van der Waals surface area contributed by atoms with E-state index in [4.69, 9.17) is 22.2 Å². The lowest BCUT2D eigenvalue weighted by Crippen LogP contribution is -2.41. The molecular formula is C10H12ClN3O4. The summed E-state index contributed by atoms with van der Waals surface area (Å²) in [5.74, 6) is 4.79. The van der Waals surface area contributed by atoms with Crippen LogP contribution >= 0.6 is 11.6 Å². The molecule has 0 bridgehead atoms. The van der Waals surface area contributed by atoms with E-state index in [1.54, 1.807) is 6.92 Å². The molecular weight excluding hydrogens is 262 g/mol. The van der Waals surface area contributed by atoms with Crippen LogP contribution in [0.5, 0.6) is 5.75 Å². The van der Waals surface area contributed by atoms with E-state index < -0.39 is 16.9 Å². The molecule has 0 heterocycles. The van der Waals surface area contributed by atoms with Crippen molar-refractivity contribution in [1.29, 1.82) is 0 Å². The highest BCUT2D eigenvalue weighted by Gasteiger charge is 2.19. The van der Waals surface area contributed by atoms with Gasteiger partial charge in [0.15, 0.2) is 6.10 Å². The smallest absolute Gasteiger partial charge is 0.288 e. The van der Waals surface area contributed by atoms with Crippen LogP contribution in [0.15, 0.2) is 18.2 Å². The molecule has 7 nitrogen and oxygen atoms in total. The van der Waals surface area contributed by atoms with E-state index in [9.17, 15) is 14.9 Å². The number of nitro benzene ring substituents is 1. The number of amides is 1. The van der Waals surface area contributed by atoms with Crippen molar-refractivity contribution in [3.05, 3.63) is 33.3 Å². The number of carbonyl (C=O) groups is 1. The molecule has 0 aliphatic heterocycles. The van der Waals surface area contributed by atoms with E-state index in [2.05, 4.69) is 0 Å². The van der Waals surface area contributed by atoms with Crippen molar-refractivity contribution in [1.82, 2.24) is 5.43 Å². The Labute approximate surface area is 108 Å². The minimum atomic E-state index is -0.771. The van der Waals surface area contributed by atoms with Gasteiger partial charge >= 0.3 is 0 Å². The largest absolute Gasteiger partial charge is 0.481 e. The maximum atomic E-state index is 11.3. The fraction of sp³-hybridized carbons (Fsp3) is 0.300. The van der Waals surface area contributed by atoms with Crippen LogP contribution < -0.4 is 16.0 Å². The van der Waals surface area contributed by atoms with Crippen LogP contribution in [-0.2, 0) is 4.79 Å². The van der Waals surface area contributed by atoms with Crippen LogP contribution in [0, 0.1) is 10.1 Å². The quantitative estimate of drug-likeness (QED) is 0.365. The van der Waals surface area contributed by atoms with Gasteiger partial charge in [-0.15, -0.1) is 0 Å². The van der Waals surface area contributed by atoms with Gasteiger partial charge in [0, 0.05) is 12.1 Å². The number of rotatable bonds is 5. The van der Waals surface area contributed by atoms with E-state index >= 15 is 0 Å². The van der Waals surface area contributed by atoms with Gasteiger partial charge in [0.1, 0.15) is 10.8 Å². The van der Waals surface area contributed by atoms with Gasteiger partial charge in [-0.3, -0.25) is 20.3 Å². The molecule has 0 radical (unpaired) electrons. The molecule has 1 unspecified atom stereocenters. The van der Waals surface area contributed by atoms with Crippen molar-refractivity contribution < 1.29 is 14.5 Å². The Balaban J connectivity index is 2.88. The summed E-state index contributed by atoms with van der Waals surface area (Å²) in [7, 11) is 0. The van der Waals surface area contributed by atoms with Gasteiger partial charge in [0.2, 0.25) is 0 Å². The molecule has 18 heavy (non-hydrogen) atoms. The molecule has 8 heteroatoms. The van der Waals surface area contributed by atoms with Crippen molar-refractivity contribution in [3.8, 4) is 5.75 Å². The number of ether oxygens (including phenoxy) is 1. The van der Waals surface area contributed by atoms with E-state index in [0.717, 1.165) is 0 Å². The first kappa shape index (κ1) is 14.2. The fourth-order valence-electron chi connectivity index (χ4n) is 1.29. The Morgan fingerprint density at radius 3 is 2.78 bits per heavy atom. The Morgan fingerprint density at radius 1 is 1.67 bits per heavy atom. The molecule has 0 saturated heterocycles. The zero-order valence-electron chi connectivity index (χ0n) is 9.55. The number of hydrogen-bond donors (Lipinski definition) is 2. The Kier molecular flexibility index (Phi) is 4.87. The second-order valence-electron chi connectivity index (χ2n) is 3.39.